The van der Waals surface area contributed by atoms with Crippen molar-refractivity contribution in [2.75, 3.05) is 0 Å². The van der Waals surface area contributed by atoms with E-state index in [1.165, 1.54) is 197 Å². The van der Waals surface area contributed by atoms with Crippen LogP contribution in [-0.4, -0.2) is 0 Å². The number of rotatable bonds is 6. The van der Waals surface area contributed by atoms with Gasteiger partial charge in [-0.1, -0.05) is 255 Å². The minimum Gasteiger partial charge on any atom is -0.0622 e. The van der Waals surface area contributed by atoms with Gasteiger partial charge in [0.05, 0.1) is 0 Å². The molecule has 17 aromatic rings. The van der Waals surface area contributed by atoms with Gasteiger partial charge in [0.25, 0.3) is 0 Å². The molecule has 19 rings (SSSR count). The lowest BCUT2D eigenvalue weighted by molar-refractivity contribution is 1.54. The van der Waals surface area contributed by atoms with Gasteiger partial charge in [0.1, 0.15) is 0 Å². The lowest BCUT2D eigenvalue weighted by Gasteiger charge is -2.21. The van der Waals surface area contributed by atoms with Crippen LogP contribution in [0.2, 0.25) is 0 Å². The van der Waals surface area contributed by atoms with Crippen molar-refractivity contribution in [3.8, 4) is 22.3 Å². The molecule has 384 valence electrons. The van der Waals surface area contributed by atoms with E-state index >= 15 is 0 Å². The minimum absolute atomic E-state index is 1.19. The normalized spacial score (nSPS) is 13.6. The molecule has 0 heteroatoms. The summed E-state index contributed by atoms with van der Waals surface area (Å²) in [4.78, 5) is 0. The molecule has 0 nitrogen and oxygen atoms in total. The van der Waals surface area contributed by atoms with Crippen LogP contribution in [0.15, 0.2) is 297 Å². The van der Waals surface area contributed by atoms with Crippen molar-refractivity contribution < 1.29 is 0 Å². The van der Waals surface area contributed by atoms with Crippen molar-refractivity contribution in [1.82, 2.24) is 0 Å². The van der Waals surface area contributed by atoms with E-state index < -0.39 is 0 Å². The molecule has 0 amide bonds. The molecule has 0 radical (unpaired) electrons. The smallest absolute Gasteiger partial charge is 0.000115 e. The monoisotopic (exact) mass is 1060 g/mol. The van der Waals surface area contributed by atoms with Crippen molar-refractivity contribution in [2.24, 2.45) is 0 Å². The third kappa shape index (κ3) is 6.43. The number of allylic oxidation sites excluding steroid dienone is 5. The summed E-state index contributed by atoms with van der Waals surface area (Å²) in [5, 5.41) is 25.4. The molecule has 0 saturated carbocycles. The zero-order chi connectivity index (χ0) is 54.7. The third-order valence-corrected chi connectivity index (χ3v) is 19.0. The van der Waals surface area contributed by atoms with Crippen LogP contribution in [0.5, 0.6) is 0 Å². The fraction of sp³-hybridized carbons (Fsp3) is 0. The number of fused-ring (bicyclic) bond motifs is 9. The highest BCUT2D eigenvalue weighted by Gasteiger charge is 2.42. The fourth-order valence-electron chi connectivity index (χ4n) is 15.4. The molecule has 0 aromatic heterocycles. The molecule has 0 fully saturated rings. The maximum absolute atomic E-state index is 2.61. The third-order valence-electron chi connectivity index (χ3n) is 19.0. The van der Waals surface area contributed by atoms with Gasteiger partial charge in [0, 0.05) is 0 Å². The zero-order valence-electron chi connectivity index (χ0n) is 45.7. The lowest BCUT2D eigenvalue weighted by Crippen LogP contribution is -1.98. The molecule has 2 aliphatic carbocycles. The molecule has 17 aromatic carbocycles. The Morgan fingerprint density at radius 1 is 0.131 bits per heavy atom. The second kappa shape index (κ2) is 17.3. The topological polar surface area (TPSA) is 0 Å². The van der Waals surface area contributed by atoms with E-state index in [0.29, 0.717) is 0 Å². The van der Waals surface area contributed by atoms with E-state index in [2.05, 4.69) is 291 Å². The highest BCUT2D eigenvalue weighted by molar-refractivity contribution is 6.41. The Balaban J connectivity index is 1.01. The molecule has 0 bridgehead atoms. The van der Waals surface area contributed by atoms with Crippen LogP contribution in [0.1, 0.15) is 33.4 Å². The Hall–Kier alpha value is -10.9. The molecule has 0 aliphatic heterocycles. The Bertz CT molecular complexity index is 5680. The summed E-state index contributed by atoms with van der Waals surface area (Å²) in [6, 6.07) is 111. The molecule has 0 atom stereocenters. The van der Waals surface area contributed by atoms with Gasteiger partial charge in [-0.25, -0.2) is 0 Å². The van der Waals surface area contributed by atoms with Gasteiger partial charge in [-0.2, -0.15) is 0 Å². The quantitative estimate of drug-likeness (QED) is 0.146. The van der Waals surface area contributed by atoms with Crippen LogP contribution < -0.4 is 0 Å². The minimum atomic E-state index is 1.19. The van der Waals surface area contributed by atoms with E-state index in [0.717, 1.165) is 0 Å². The number of hydrogen-bond donors (Lipinski definition) is 0. The first kappa shape index (κ1) is 45.8. The molecule has 0 spiro atoms. The van der Waals surface area contributed by atoms with Crippen LogP contribution in [0.4, 0.5) is 0 Å². The Kier molecular flexibility index (Phi) is 9.43. The second-order valence-electron chi connectivity index (χ2n) is 23.3. The van der Waals surface area contributed by atoms with Crippen molar-refractivity contribution >= 4 is 136 Å². The van der Waals surface area contributed by atoms with E-state index in [1.807, 2.05) is 0 Å². The van der Waals surface area contributed by atoms with Gasteiger partial charge >= 0.3 is 0 Å². The van der Waals surface area contributed by atoms with Gasteiger partial charge < -0.3 is 0 Å². The summed E-state index contributed by atoms with van der Waals surface area (Å²) in [5.74, 6) is 0. The predicted molar refractivity (Wildman–Crippen MR) is 360 cm³/mol. The van der Waals surface area contributed by atoms with Crippen molar-refractivity contribution in [2.45, 2.75) is 0 Å². The molecule has 0 saturated heterocycles. The average Bonchev–Trinajstić information content (AvgIpc) is 3.33. The summed E-state index contributed by atoms with van der Waals surface area (Å²) in [6.07, 6.45) is 0. The Morgan fingerprint density at radius 2 is 0.452 bits per heavy atom. The first-order chi connectivity index (χ1) is 41.7. The van der Waals surface area contributed by atoms with Crippen LogP contribution in [0.25, 0.3) is 158 Å². The van der Waals surface area contributed by atoms with Gasteiger partial charge in [-0.05, 0) is 233 Å². The molecule has 84 heavy (non-hydrogen) atoms. The highest BCUT2D eigenvalue weighted by atomic mass is 14.4. The standard InChI is InChI=1S/C84H48/c1-3-17-51(18-4-1)79-80(52-19-5-2-6-20-52)84-81(69-29-13-27-65-63-25-9-7-15-49(63)39-41-67(65)69)73-47-71(61-43-57-35-31-53-21-11-22-54-32-36-58(44-61)77(57)75(53)54)72(62-45-59-37-33-55-23-12-24-56-34-38-60(46-62)78(59)76(55)56)48-74(73)83(84)82(79)70-30-14-28-66-64-26-10-8-16-50(64)40-42-68(66)70/h1-48H. The summed E-state index contributed by atoms with van der Waals surface area (Å²) < 4.78 is 0. The van der Waals surface area contributed by atoms with E-state index in [-0.39, 0.29) is 0 Å². The Morgan fingerprint density at radius 3 is 0.917 bits per heavy atom. The second-order valence-corrected chi connectivity index (χ2v) is 23.3. The summed E-state index contributed by atoms with van der Waals surface area (Å²) in [5.41, 5.74) is 19.7. The highest BCUT2D eigenvalue weighted by Crippen LogP contribution is 2.64. The van der Waals surface area contributed by atoms with Crippen LogP contribution in [-0.2, 0) is 0 Å². The molecular formula is C84H48. The maximum Gasteiger partial charge on any atom is -0.000115 e. The summed E-state index contributed by atoms with van der Waals surface area (Å²) in [7, 11) is 0. The summed E-state index contributed by atoms with van der Waals surface area (Å²) >= 11 is 0. The molecule has 2 aliphatic rings. The van der Waals surface area contributed by atoms with Crippen molar-refractivity contribution in [3.05, 3.63) is 330 Å². The molecule has 0 N–H and O–H groups in total. The summed E-state index contributed by atoms with van der Waals surface area (Å²) in [6.45, 7) is 0. The predicted octanol–water partition coefficient (Wildman–Crippen LogP) is 22.8. The number of hydrogen-bond acceptors (Lipinski definition) is 0. The largest absolute Gasteiger partial charge is 0.0622 e. The molecule has 0 heterocycles. The lowest BCUT2D eigenvalue weighted by atomic mass is 9.82. The maximum atomic E-state index is 2.61. The van der Waals surface area contributed by atoms with E-state index in [4.69, 9.17) is 0 Å². The first-order valence-corrected chi connectivity index (χ1v) is 29.4. The number of benzene rings is 17. The van der Waals surface area contributed by atoms with Crippen LogP contribution >= 0.6 is 0 Å². The average molecular weight is 1060 g/mol. The molecular weight excluding hydrogens is 1010 g/mol. The van der Waals surface area contributed by atoms with Gasteiger partial charge in [-0.15, -0.1) is 0 Å². The van der Waals surface area contributed by atoms with Crippen molar-refractivity contribution in [3.63, 3.8) is 0 Å². The Labute approximate surface area is 485 Å². The SMILES string of the molecule is c1ccc(C2=C(c3ccccc3)C(c3cccc4c3ccc3ccccc34)=C3C2=C(c2cccc4c2ccc2ccccc24)c2cc(-c4cc5ccc6cccc7ccc(c4)c5c67)c(-c4cc5ccc6cccc7ccc(c4)c5c67)cc23)cc1. The van der Waals surface area contributed by atoms with Gasteiger partial charge in [-0.3, -0.25) is 0 Å². The fourth-order valence-corrected chi connectivity index (χ4v) is 15.4. The van der Waals surface area contributed by atoms with E-state index in [9.17, 15) is 0 Å². The van der Waals surface area contributed by atoms with Gasteiger partial charge in [0.2, 0.25) is 0 Å². The van der Waals surface area contributed by atoms with Crippen LogP contribution in [0, 0.1) is 0 Å². The van der Waals surface area contributed by atoms with E-state index in [1.54, 1.807) is 0 Å². The van der Waals surface area contributed by atoms with Crippen LogP contribution in [0.3, 0.4) is 0 Å². The van der Waals surface area contributed by atoms with Crippen molar-refractivity contribution in [1.29, 1.82) is 0 Å². The zero-order valence-corrected chi connectivity index (χ0v) is 45.7. The first-order valence-electron chi connectivity index (χ1n) is 29.4. The van der Waals surface area contributed by atoms with Gasteiger partial charge in [0.15, 0.2) is 0 Å². The molecule has 0 unspecified atom stereocenters.